The topological polar surface area (TPSA) is 63.8 Å². The summed E-state index contributed by atoms with van der Waals surface area (Å²) in [7, 11) is 0. The Kier molecular flexibility index (Phi) is 2.49. The first-order chi connectivity index (χ1) is 7.25. The van der Waals surface area contributed by atoms with Gasteiger partial charge < -0.3 is 11.1 Å². The Balaban J connectivity index is 2.22. The van der Waals surface area contributed by atoms with E-state index in [2.05, 4.69) is 15.3 Å². The molecule has 4 heteroatoms. The van der Waals surface area contributed by atoms with Crippen LogP contribution < -0.4 is 11.1 Å². The van der Waals surface area contributed by atoms with Crippen molar-refractivity contribution in [1.82, 2.24) is 9.97 Å². The van der Waals surface area contributed by atoms with E-state index in [0.717, 1.165) is 17.1 Å². The zero-order valence-electron chi connectivity index (χ0n) is 8.44. The van der Waals surface area contributed by atoms with Gasteiger partial charge in [-0.15, -0.1) is 0 Å². The molecule has 2 heterocycles. The number of hydrogen-bond acceptors (Lipinski definition) is 4. The minimum absolute atomic E-state index is 0.672. The number of hydrogen-bond donors (Lipinski definition) is 2. The Bertz CT molecular complexity index is 450. The van der Waals surface area contributed by atoms with E-state index >= 15 is 0 Å². The first-order valence-electron chi connectivity index (χ1n) is 4.65. The van der Waals surface area contributed by atoms with Gasteiger partial charge in [0.05, 0.1) is 29.5 Å². The fourth-order valence-electron chi connectivity index (χ4n) is 1.21. The first-order valence-corrected chi connectivity index (χ1v) is 4.65. The van der Waals surface area contributed by atoms with Gasteiger partial charge in [0.2, 0.25) is 0 Å². The van der Waals surface area contributed by atoms with Crippen molar-refractivity contribution < 1.29 is 0 Å². The average molecular weight is 200 g/mol. The fraction of sp³-hybridized carbons (Fsp3) is 0.0909. The second-order valence-electron chi connectivity index (χ2n) is 3.28. The second-order valence-corrected chi connectivity index (χ2v) is 3.28. The Morgan fingerprint density at radius 1 is 1.20 bits per heavy atom. The summed E-state index contributed by atoms with van der Waals surface area (Å²) in [6, 6.07) is 5.65. The summed E-state index contributed by atoms with van der Waals surface area (Å²) in [5.74, 6) is 0. The molecule has 0 bridgehead atoms. The maximum atomic E-state index is 5.78. The number of aryl methyl sites for hydroxylation is 1. The van der Waals surface area contributed by atoms with Crippen molar-refractivity contribution in [3.8, 4) is 0 Å². The van der Waals surface area contributed by atoms with Crippen LogP contribution in [0.25, 0.3) is 0 Å². The predicted molar refractivity (Wildman–Crippen MR) is 60.9 cm³/mol. The lowest BCUT2D eigenvalue weighted by Crippen LogP contribution is -1.97. The highest BCUT2D eigenvalue weighted by atomic mass is 14.9. The quantitative estimate of drug-likeness (QED) is 0.779. The van der Waals surface area contributed by atoms with Crippen LogP contribution in [0.15, 0.2) is 36.8 Å². The number of aromatic nitrogens is 2. The van der Waals surface area contributed by atoms with Gasteiger partial charge in [0, 0.05) is 11.9 Å². The SMILES string of the molecule is Cc1ccc(Nc2cnccc2N)cn1. The van der Waals surface area contributed by atoms with Gasteiger partial charge in [-0.3, -0.25) is 9.97 Å². The number of nitrogens with zero attached hydrogens (tertiary/aromatic N) is 2. The summed E-state index contributed by atoms with van der Waals surface area (Å²) in [5.41, 5.74) is 9.13. The molecule has 0 radical (unpaired) electrons. The van der Waals surface area contributed by atoms with Crippen molar-refractivity contribution in [3.05, 3.63) is 42.5 Å². The highest BCUT2D eigenvalue weighted by Crippen LogP contribution is 2.20. The van der Waals surface area contributed by atoms with Crippen molar-refractivity contribution in [1.29, 1.82) is 0 Å². The van der Waals surface area contributed by atoms with E-state index in [1.807, 2.05) is 19.1 Å². The molecule has 2 rings (SSSR count). The summed E-state index contributed by atoms with van der Waals surface area (Å²) in [6.45, 7) is 1.95. The molecule has 76 valence electrons. The van der Waals surface area contributed by atoms with Gasteiger partial charge in [0.25, 0.3) is 0 Å². The number of nitrogens with two attached hydrogens (primary N) is 1. The van der Waals surface area contributed by atoms with Crippen molar-refractivity contribution >= 4 is 17.1 Å². The van der Waals surface area contributed by atoms with Gasteiger partial charge >= 0.3 is 0 Å². The largest absolute Gasteiger partial charge is 0.397 e. The number of nitrogen functional groups attached to an aromatic ring is 1. The highest BCUT2D eigenvalue weighted by molar-refractivity contribution is 5.70. The molecule has 0 aromatic carbocycles. The normalized spacial score (nSPS) is 9.93. The average Bonchev–Trinajstić information content (AvgIpc) is 2.25. The van der Waals surface area contributed by atoms with E-state index in [-0.39, 0.29) is 0 Å². The van der Waals surface area contributed by atoms with Crippen molar-refractivity contribution in [2.45, 2.75) is 6.92 Å². The van der Waals surface area contributed by atoms with Gasteiger partial charge in [-0.1, -0.05) is 0 Å². The maximum Gasteiger partial charge on any atom is 0.0804 e. The molecule has 0 aliphatic heterocycles. The molecule has 0 atom stereocenters. The molecule has 0 aliphatic rings. The van der Waals surface area contributed by atoms with Crippen LogP contribution in [0.1, 0.15) is 5.69 Å². The Morgan fingerprint density at radius 2 is 2.07 bits per heavy atom. The zero-order valence-corrected chi connectivity index (χ0v) is 8.44. The molecule has 0 spiro atoms. The molecule has 0 fully saturated rings. The standard InChI is InChI=1S/C11H12N4/c1-8-2-3-9(6-14-8)15-11-7-13-5-4-10(11)12/h2-7,15H,1H3,(H2,12,13). The Labute approximate surface area is 88.2 Å². The molecule has 4 nitrogen and oxygen atoms in total. The van der Waals surface area contributed by atoms with Gasteiger partial charge in [-0.05, 0) is 25.1 Å². The molecule has 0 saturated carbocycles. The molecule has 0 saturated heterocycles. The third-order valence-corrected chi connectivity index (χ3v) is 2.05. The summed E-state index contributed by atoms with van der Waals surface area (Å²) in [6.07, 6.45) is 5.12. The van der Waals surface area contributed by atoms with E-state index in [4.69, 9.17) is 5.73 Å². The minimum atomic E-state index is 0.672. The lowest BCUT2D eigenvalue weighted by Gasteiger charge is -2.07. The predicted octanol–water partition coefficient (Wildman–Crippen LogP) is 2.11. The zero-order chi connectivity index (χ0) is 10.7. The first kappa shape index (κ1) is 9.45. The number of pyridine rings is 2. The maximum absolute atomic E-state index is 5.78. The Morgan fingerprint density at radius 3 is 2.73 bits per heavy atom. The van der Waals surface area contributed by atoms with E-state index in [1.165, 1.54) is 0 Å². The minimum Gasteiger partial charge on any atom is -0.397 e. The summed E-state index contributed by atoms with van der Waals surface area (Å²) < 4.78 is 0. The van der Waals surface area contributed by atoms with E-state index < -0.39 is 0 Å². The smallest absolute Gasteiger partial charge is 0.0804 e. The van der Waals surface area contributed by atoms with Crippen LogP contribution in [0.3, 0.4) is 0 Å². The van der Waals surface area contributed by atoms with Crippen LogP contribution in [0.5, 0.6) is 0 Å². The van der Waals surface area contributed by atoms with Crippen LogP contribution in [0.4, 0.5) is 17.1 Å². The monoisotopic (exact) mass is 200 g/mol. The van der Waals surface area contributed by atoms with E-state index in [0.29, 0.717) is 5.69 Å². The van der Waals surface area contributed by atoms with Crippen LogP contribution in [0, 0.1) is 6.92 Å². The molecule has 0 unspecified atom stereocenters. The summed E-state index contributed by atoms with van der Waals surface area (Å²) >= 11 is 0. The van der Waals surface area contributed by atoms with Gasteiger partial charge in [-0.25, -0.2) is 0 Å². The van der Waals surface area contributed by atoms with Crippen LogP contribution in [-0.2, 0) is 0 Å². The fourth-order valence-corrected chi connectivity index (χ4v) is 1.21. The number of nitrogens with one attached hydrogen (secondary N) is 1. The number of anilines is 3. The van der Waals surface area contributed by atoms with E-state index in [9.17, 15) is 0 Å². The molecule has 2 aromatic rings. The van der Waals surface area contributed by atoms with Crippen molar-refractivity contribution in [2.75, 3.05) is 11.1 Å². The van der Waals surface area contributed by atoms with E-state index in [1.54, 1.807) is 24.7 Å². The van der Waals surface area contributed by atoms with Gasteiger partial charge in [0.15, 0.2) is 0 Å². The number of rotatable bonds is 2. The third-order valence-electron chi connectivity index (χ3n) is 2.05. The van der Waals surface area contributed by atoms with Crippen molar-refractivity contribution in [3.63, 3.8) is 0 Å². The lowest BCUT2D eigenvalue weighted by atomic mass is 10.3. The summed E-state index contributed by atoms with van der Waals surface area (Å²) in [5, 5.41) is 3.15. The highest BCUT2D eigenvalue weighted by Gasteiger charge is 1.98. The molecule has 15 heavy (non-hydrogen) atoms. The molecule has 3 N–H and O–H groups in total. The molecular formula is C11H12N4. The molecule has 2 aromatic heterocycles. The Hall–Kier alpha value is -2.10. The van der Waals surface area contributed by atoms with Crippen molar-refractivity contribution in [2.24, 2.45) is 0 Å². The van der Waals surface area contributed by atoms with Crippen LogP contribution >= 0.6 is 0 Å². The van der Waals surface area contributed by atoms with Crippen LogP contribution in [-0.4, -0.2) is 9.97 Å². The third kappa shape index (κ3) is 2.22. The van der Waals surface area contributed by atoms with Gasteiger partial charge in [0.1, 0.15) is 0 Å². The molecule has 0 aliphatic carbocycles. The van der Waals surface area contributed by atoms with Crippen LogP contribution in [0.2, 0.25) is 0 Å². The molecular weight excluding hydrogens is 188 g/mol. The second kappa shape index (κ2) is 3.96. The van der Waals surface area contributed by atoms with Gasteiger partial charge in [-0.2, -0.15) is 0 Å². The lowest BCUT2D eigenvalue weighted by molar-refractivity contribution is 1.20. The summed E-state index contributed by atoms with van der Waals surface area (Å²) in [4.78, 5) is 8.18. The molecule has 0 amide bonds.